The Hall–Kier alpha value is -4.32. The van der Waals surface area contributed by atoms with E-state index in [9.17, 15) is 0 Å². The Morgan fingerprint density at radius 2 is 1.59 bits per heavy atom. The normalized spacial score (nSPS) is 10.8. The van der Waals surface area contributed by atoms with Gasteiger partial charge in [0.25, 0.3) is 0 Å². The van der Waals surface area contributed by atoms with Gasteiger partial charge in [-0.25, -0.2) is 9.97 Å². The van der Waals surface area contributed by atoms with E-state index in [1.54, 1.807) is 25.7 Å². The van der Waals surface area contributed by atoms with Crippen molar-refractivity contribution >= 4 is 16.7 Å². The van der Waals surface area contributed by atoms with Gasteiger partial charge < -0.3 is 10.1 Å². The summed E-state index contributed by atoms with van der Waals surface area (Å²) in [6.45, 7) is 0.607. The van der Waals surface area contributed by atoms with Gasteiger partial charge in [-0.2, -0.15) is 0 Å². The molecule has 0 amide bonds. The largest absolute Gasteiger partial charge is 0.497 e. The monoisotopic (exact) mass is 419 g/mol. The predicted octanol–water partition coefficient (Wildman–Crippen LogP) is 5.37. The van der Waals surface area contributed by atoms with Crippen LogP contribution in [0, 0.1) is 0 Å². The first-order valence-corrected chi connectivity index (χ1v) is 10.3. The van der Waals surface area contributed by atoms with Crippen LogP contribution in [0.4, 0.5) is 5.82 Å². The average molecular weight is 419 g/mol. The molecule has 5 aromatic rings. The van der Waals surface area contributed by atoms with Gasteiger partial charge in [0.05, 0.1) is 12.6 Å². The Morgan fingerprint density at radius 1 is 0.781 bits per heavy atom. The minimum absolute atomic E-state index is 0.607. The molecule has 0 spiro atoms. The van der Waals surface area contributed by atoms with Crippen molar-refractivity contribution in [2.24, 2.45) is 0 Å². The Morgan fingerprint density at radius 3 is 2.38 bits per heavy atom. The molecule has 156 valence electrons. The fourth-order valence-electron chi connectivity index (χ4n) is 3.56. The molecule has 32 heavy (non-hydrogen) atoms. The van der Waals surface area contributed by atoms with E-state index in [1.165, 1.54) is 0 Å². The molecule has 5 rings (SSSR count). The van der Waals surface area contributed by atoms with Crippen molar-refractivity contribution in [1.82, 2.24) is 19.9 Å². The Balaban J connectivity index is 1.61. The molecule has 0 atom stereocenters. The van der Waals surface area contributed by atoms with Crippen LogP contribution in [0.3, 0.4) is 0 Å². The number of nitrogens with one attached hydrogen (secondary N) is 1. The van der Waals surface area contributed by atoms with Crippen molar-refractivity contribution in [1.29, 1.82) is 0 Å². The second kappa shape index (κ2) is 8.81. The molecule has 3 heterocycles. The van der Waals surface area contributed by atoms with Gasteiger partial charge in [-0.3, -0.25) is 9.97 Å². The lowest BCUT2D eigenvalue weighted by Gasteiger charge is -2.13. The molecule has 0 bridgehead atoms. The second-order valence-corrected chi connectivity index (χ2v) is 7.32. The van der Waals surface area contributed by atoms with E-state index in [2.05, 4.69) is 33.5 Å². The molecular weight excluding hydrogens is 398 g/mol. The molecule has 6 heteroatoms. The lowest BCUT2D eigenvalue weighted by molar-refractivity contribution is 0.415. The van der Waals surface area contributed by atoms with Gasteiger partial charge in [-0.1, -0.05) is 24.3 Å². The van der Waals surface area contributed by atoms with Gasteiger partial charge in [-0.15, -0.1) is 0 Å². The number of benzene rings is 2. The molecule has 0 unspecified atom stereocenters. The molecular formula is C26H21N5O. The molecule has 1 N–H and O–H groups in total. The summed E-state index contributed by atoms with van der Waals surface area (Å²) in [5, 5.41) is 4.43. The highest BCUT2D eigenvalue weighted by molar-refractivity contribution is 5.94. The fourth-order valence-corrected chi connectivity index (χ4v) is 3.56. The Kier molecular flexibility index (Phi) is 5.41. The van der Waals surface area contributed by atoms with Gasteiger partial charge >= 0.3 is 0 Å². The number of anilines is 1. The number of aromatic nitrogens is 4. The summed E-state index contributed by atoms with van der Waals surface area (Å²) in [5.41, 5.74) is 4.94. The van der Waals surface area contributed by atoms with Crippen LogP contribution in [0.5, 0.6) is 5.75 Å². The van der Waals surface area contributed by atoms with Gasteiger partial charge in [0.1, 0.15) is 11.6 Å². The number of hydrogen-bond acceptors (Lipinski definition) is 6. The number of rotatable bonds is 6. The van der Waals surface area contributed by atoms with E-state index in [4.69, 9.17) is 14.7 Å². The molecule has 0 aliphatic heterocycles. The summed E-state index contributed by atoms with van der Waals surface area (Å²) in [4.78, 5) is 18.1. The molecule has 6 nitrogen and oxygen atoms in total. The highest BCUT2D eigenvalue weighted by Gasteiger charge is 2.12. The van der Waals surface area contributed by atoms with Gasteiger partial charge in [0.15, 0.2) is 5.82 Å². The highest BCUT2D eigenvalue weighted by Crippen LogP contribution is 2.31. The molecule has 0 aliphatic rings. The van der Waals surface area contributed by atoms with Gasteiger partial charge in [0, 0.05) is 42.3 Å². The van der Waals surface area contributed by atoms with Crippen LogP contribution in [-0.2, 0) is 6.54 Å². The first-order valence-electron chi connectivity index (χ1n) is 10.3. The number of nitrogens with zero attached hydrogens (tertiary/aromatic N) is 4. The van der Waals surface area contributed by atoms with Crippen molar-refractivity contribution in [3.8, 4) is 28.3 Å². The first kappa shape index (κ1) is 19.6. The molecule has 0 fully saturated rings. The Bertz CT molecular complexity index is 1360. The smallest absolute Gasteiger partial charge is 0.163 e. The van der Waals surface area contributed by atoms with Crippen molar-refractivity contribution in [3.05, 3.63) is 97.1 Å². The summed E-state index contributed by atoms with van der Waals surface area (Å²) >= 11 is 0. The topological polar surface area (TPSA) is 72.8 Å². The first-order chi connectivity index (χ1) is 15.8. The lowest BCUT2D eigenvalue weighted by atomic mass is 10.0. The zero-order chi connectivity index (χ0) is 21.8. The maximum absolute atomic E-state index is 5.39. The summed E-state index contributed by atoms with van der Waals surface area (Å²) in [7, 11) is 1.67. The maximum Gasteiger partial charge on any atom is 0.163 e. The molecule has 0 saturated carbocycles. The van der Waals surface area contributed by atoms with Gasteiger partial charge in [0.2, 0.25) is 0 Å². The maximum atomic E-state index is 5.39. The van der Waals surface area contributed by atoms with Crippen LogP contribution < -0.4 is 10.1 Å². The molecule has 0 saturated heterocycles. The molecule has 2 aromatic carbocycles. The minimum Gasteiger partial charge on any atom is -0.497 e. The van der Waals surface area contributed by atoms with Crippen molar-refractivity contribution in [2.75, 3.05) is 12.4 Å². The minimum atomic E-state index is 0.607. The number of hydrogen-bond donors (Lipinski definition) is 1. The molecule has 0 radical (unpaired) electrons. The van der Waals surface area contributed by atoms with Crippen molar-refractivity contribution in [2.45, 2.75) is 6.54 Å². The highest BCUT2D eigenvalue weighted by atomic mass is 16.5. The molecule has 3 aromatic heterocycles. The predicted molar refractivity (Wildman–Crippen MR) is 126 cm³/mol. The number of fused-ring (bicyclic) bond motifs is 1. The second-order valence-electron chi connectivity index (χ2n) is 7.32. The molecule has 0 aliphatic carbocycles. The van der Waals surface area contributed by atoms with Crippen LogP contribution in [0.2, 0.25) is 0 Å². The zero-order valence-corrected chi connectivity index (χ0v) is 17.6. The van der Waals surface area contributed by atoms with E-state index in [0.29, 0.717) is 12.4 Å². The van der Waals surface area contributed by atoms with Crippen LogP contribution in [0.25, 0.3) is 33.4 Å². The van der Waals surface area contributed by atoms with E-state index in [-0.39, 0.29) is 0 Å². The van der Waals surface area contributed by atoms with E-state index < -0.39 is 0 Å². The lowest BCUT2D eigenvalue weighted by Crippen LogP contribution is -2.04. The standard InChI is InChI=1S/C26H21N5O/c1-32-22-8-2-6-19(13-22)20-9-10-24-23(14-20)26(29-16-18-5-3-11-27-15-18)31-25(30-24)21-7-4-12-28-17-21/h2-15,17H,16H2,1H3,(H,29,30,31). The van der Waals surface area contributed by atoms with Gasteiger partial charge in [-0.05, 0) is 59.2 Å². The van der Waals surface area contributed by atoms with E-state index in [1.807, 2.05) is 54.7 Å². The third-order valence-electron chi connectivity index (χ3n) is 5.20. The summed E-state index contributed by atoms with van der Waals surface area (Å²) < 4.78 is 5.39. The van der Waals surface area contributed by atoms with E-state index in [0.717, 1.165) is 44.7 Å². The number of pyridine rings is 2. The van der Waals surface area contributed by atoms with Crippen LogP contribution in [-0.4, -0.2) is 27.0 Å². The summed E-state index contributed by atoms with van der Waals surface area (Å²) in [6, 6.07) is 22.0. The van der Waals surface area contributed by atoms with Crippen molar-refractivity contribution < 1.29 is 4.74 Å². The Labute approximate surface area is 186 Å². The van der Waals surface area contributed by atoms with Crippen LogP contribution in [0.15, 0.2) is 91.5 Å². The zero-order valence-electron chi connectivity index (χ0n) is 17.6. The third-order valence-corrected chi connectivity index (χ3v) is 5.20. The third kappa shape index (κ3) is 4.11. The van der Waals surface area contributed by atoms with Crippen molar-refractivity contribution in [3.63, 3.8) is 0 Å². The summed E-state index contributed by atoms with van der Waals surface area (Å²) in [6.07, 6.45) is 7.13. The average Bonchev–Trinajstić information content (AvgIpc) is 2.88. The van der Waals surface area contributed by atoms with Crippen LogP contribution >= 0.6 is 0 Å². The SMILES string of the molecule is COc1cccc(-c2ccc3nc(-c4cccnc4)nc(NCc4cccnc4)c3c2)c1. The quantitative estimate of drug-likeness (QED) is 0.399. The summed E-state index contributed by atoms with van der Waals surface area (Å²) in [5.74, 6) is 2.22. The fraction of sp³-hybridized carbons (Fsp3) is 0.0769. The van der Waals surface area contributed by atoms with E-state index >= 15 is 0 Å². The number of methoxy groups -OCH3 is 1. The number of ether oxygens (including phenoxy) is 1. The van der Waals surface area contributed by atoms with Crippen LogP contribution in [0.1, 0.15) is 5.56 Å².